The van der Waals surface area contributed by atoms with Crippen LogP contribution in [0, 0.1) is 11.8 Å². The molecule has 0 spiro atoms. The first kappa shape index (κ1) is 11.9. The summed E-state index contributed by atoms with van der Waals surface area (Å²) in [5, 5.41) is 11.6. The number of fused-ring (bicyclic) bond motifs is 1. The molecule has 0 amide bonds. The van der Waals surface area contributed by atoms with Crippen molar-refractivity contribution in [3.05, 3.63) is 23.5 Å². The summed E-state index contributed by atoms with van der Waals surface area (Å²) in [6.07, 6.45) is 5.13. The molecule has 2 aliphatic carbocycles. The van der Waals surface area contributed by atoms with E-state index in [4.69, 9.17) is 0 Å². The molecular weight excluding hydrogens is 167 g/mol. The number of rotatable bonds is 0. The summed E-state index contributed by atoms with van der Waals surface area (Å²) in [5.41, 5.74) is 2.45. The summed E-state index contributed by atoms with van der Waals surface area (Å²) in [4.78, 5) is 0. The number of hydrogen-bond acceptors (Lipinski definition) is 1. The Balaban J connectivity index is 0.000000980. The summed E-state index contributed by atoms with van der Waals surface area (Å²) >= 11 is 0. The number of allylic oxidation sites excluding steroid dienone is 3. The van der Waals surface area contributed by atoms with Crippen LogP contribution in [0.2, 0.25) is 0 Å². The van der Waals surface area contributed by atoms with Crippen molar-refractivity contribution >= 4 is 0 Å². The molecule has 0 bridgehead atoms. The van der Waals surface area contributed by atoms with Crippen molar-refractivity contribution in [1.82, 2.24) is 0 Å². The first-order chi connectivity index (χ1) is 6.18. The molecule has 2 rings (SSSR count). The molecule has 0 radical (unpaired) electrons. The van der Waals surface area contributed by atoms with Crippen LogP contribution in [0.25, 0.3) is 0 Å². The van der Waals surface area contributed by atoms with E-state index in [1.165, 1.54) is 17.6 Å². The zero-order valence-corrected chi connectivity index (χ0v) is 9.31. The molecule has 2 atom stereocenters. The van der Waals surface area contributed by atoms with Crippen LogP contribution in [-0.4, -0.2) is 0 Å². The van der Waals surface area contributed by atoms with Gasteiger partial charge in [-0.25, -0.2) is 0 Å². The van der Waals surface area contributed by atoms with Crippen LogP contribution in [0.5, 0.6) is 0 Å². The molecule has 1 nitrogen and oxygen atoms in total. The quantitative estimate of drug-likeness (QED) is 0.364. The van der Waals surface area contributed by atoms with Crippen molar-refractivity contribution in [2.24, 2.45) is 11.8 Å². The van der Waals surface area contributed by atoms with Gasteiger partial charge in [0.1, 0.15) is 0 Å². The van der Waals surface area contributed by atoms with Crippen molar-refractivity contribution < 1.29 is 24.0 Å². The summed E-state index contributed by atoms with van der Waals surface area (Å²) in [6.45, 7) is 6.31. The first-order valence-corrected chi connectivity index (χ1v) is 5.24. The van der Waals surface area contributed by atoms with Crippen LogP contribution < -0.4 is 24.0 Å². The maximum absolute atomic E-state index is 11.6. The molecule has 14 heavy (non-hydrogen) atoms. The van der Waals surface area contributed by atoms with E-state index in [0.29, 0.717) is 17.6 Å². The molecule has 2 aliphatic rings. The van der Waals surface area contributed by atoms with Gasteiger partial charge >= 0.3 is 18.9 Å². The average Bonchev–Trinajstić information content (AvgIpc) is 2.37. The van der Waals surface area contributed by atoms with Crippen LogP contribution in [0.1, 0.15) is 39.0 Å². The normalized spacial score (nSPS) is 32.2. The fourth-order valence-electron chi connectivity index (χ4n) is 2.68. The average molecular weight is 184 g/mol. The minimum atomic E-state index is 0. The maximum atomic E-state index is 11.6. The predicted molar refractivity (Wildman–Crippen MR) is 51.9 cm³/mol. The van der Waals surface area contributed by atoms with Gasteiger partial charge in [0.25, 0.3) is 0 Å². The summed E-state index contributed by atoms with van der Waals surface area (Å²) in [6, 6.07) is 0. The Morgan fingerprint density at radius 2 is 2.00 bits per heavy atom. The smallest absolute Gasteiger partial charge is 0.875 e. The van der Waals surface area contributed by atoms with Gasteiger partial charge in [-0.1, -0.05) is 24.6 Å². The molecule has 0 unspecified atom stereocenters. The van der Waals surface area contributed by atoms with Crippen molar-refractivity contribution in [2.75, 3.05) is 0 Å². The minimum Gasteiger partial charge on any atom is -0.875 e. The van der Waals surface area contributed by atoms with E-state index in [1.807, 2.05) is 0 Å². The van der Waals surface area contributed by atoms with Gasteiger partial charge < -0.3 is 5.11 Å². The fraction of sp³-hybridized carbons (Fsp3) is 0.667. The minimum absolute atomic E-state index is 0. The standard InChI is InChI=1S/C12H18O.Li/c1-8-3-4-9(2)10-5-6-12(13)11(10)7-8;/h9-10,13H,1,3-7H2,2H3;/q;+1/p-1/t9-,10+;/m0./s1. The molecule has 0 aromatic rings. The van der Waals surface area contributed by atoms with Crippen molar-refractivity contribution in [2.45, 2.75) is 39.0 Å². The molecule has 0 saturated heterocycles. The second-order valence-corrected chi connectivity index (χ2v) is 4.54. The Labute approximate surface area is 98.5 Å². The molecular formula is C12H17LiO. The molecule has 0 aromatic heterocycles. The third-order valence-corrected chi connectivity index (χ3v) is 3.57. The van der Waals surface area contributed by atoms with Gasteiger partial charge in [-0.05, 0) is 43.9 Å². The van der Waals surface area contributed by atoms with Gasteiger partial charge in [0, 0.05) is 0 Å². The Kier molecular flexibility index (Phi) is 3.92. The first-order valence-electron chi connectivity index (χ1n) is 5.24. The largest absolute Gasteiger partial charge is 1.00 e. The SMILES string of the molecule is C=C1CC[C@H](C)[C@H]2CCC([O-])=C2C1.[Li+]. The maximum Gasteiger partial charge on any atom is 1.00 e. The van der Waals surface area contributed by atoms with E-state index >= 15 is 0 Å². The molecule has 2 heteroatoms. The van der Waals surface area contributed by atoms with Crippen molar-refractivity contribution in [3.8, 4) is 0 Å². The molecule has 0 aromatic carbocycles. The third-order valence-electron chi connectivity index (χ3n) is 3.57. The summed E-state index contributed by atoms with van der Waals surface area (Å²) < 4.78 is 0. The van der Waals surface area contributed by atoms with E-state index in [-0.39, 0.29) is 18.9 Å². The second-order valence-electron chi connectivity index (χ2n) is 4.54. The van der Waals surface area contributed by atoms with Gasteiger partial charge in [-0.2, -0.15) is 0 Å². The molecule has 72 valence electrons. The van der Waals surface area contributed by atoms with Crippen LogP contribution in [0.15, 0.2) is 23.5 Å². The van der Waals surface area contributed by atoms with E-state index in [2.05, 4.69) is 13.5 Å². The van der Waals surface area contributed by atoms with Crippen LogP contribution in [-0.2, 0) is 0 Å². The Bertz CT molecular complexity index is 267. The molecule has 0 aliphatic heterocycles. The fourth-order valence-corrected chi connectivity index (χ4v) is 2.68. The monoisotopic (exact) mass is 184 g/mol. The van der Waals surface area contributed by atoms with Crippen LogP contribution >= 0.6 is 0 Å². The Morgan fingerprint density at radius 3 is 2.71 bits per heavy atom. The van der Waals surface area contributed by atoms with Gasteiger partial charge in [0.2, 0.25) is 0 Å². The van der Waals surface area contributed by atoms with Crippen LogP contribution in [0.3, 0.4) is 0 Å². The second kappa shape index (κ2) is 4.60. The molecule has 1 fully saturated rings. The van der Waals surface area contributed by atoms with E-state index < -0.39 is 0 Å². The van der Waals surface area contributed by atoms with Gasteiger partial charge in [-0.15, -0.1) is 5.76 Å². The van der Waals surface area contributed by atoms with Crippen molar-refractivity contribution in [3.63, 3.8) is 0 Å². The molecule has 0 heterocycles. The molecule has 1 saturated carbocycles. The third kappa shape index (κ3) is 2.10. The Morgan fingerprint density at radius 1 is 1.29 bits per heavy atom. The van der Waals surface area contributed by atoms with E-state index in [0.717, 1.165) is 25.7 Å². The van der Waals surface area contributed by atoms with Gasteiger partial charge in [0.15, 0.2) is 0 Å². The predicted octanol–water partition coefficient (Wildman–Crippen LogP) is -0.609. The van der Waals surface area contributed by atoms with Gasteiger partial charge in [0.05, 0.1) is 0 Å². The summed E-state index contributed by atoms with van der Waals surface area (Å²) in [7, 11) is 0. The Hall–Kier alpha value is -0.123. The molecule has 0 N–H and O–H groups in total. The van der Waals surface area contributed by atoms with E-state index in [9.17, 15) is 5.11 Å². The van der Waals surface area contributed by atoms with Crippen molar-refractivity contribution in [1.29, 1.82) is 0 Å². The zero-order chi connectivity index (χ0) is 9.42. The number of hydrogen-bond donors (Lipinski definition) is 0. The zero-order valence-electron chi connectivity index (χ0n) is 9.31. The summed E-state index contributed by atoms with van der Waals surface area (Å²) in [5.74, 6) is 1.70. The van der Waals surface area contributed by atoms with E-state index in [1.54, 1.807) is 0 Å². The topological polar surface area (TPSA) is 23.1 Å². The van der Waals surface area contributed by atoms with Crippen LogP contribution in [0.4, 0.5) is 0 Å². The van der Waals surface area contributed by atoms with Gasteiger partial charge in [-0.3, -0.25) is 0 Å².